The predicted octanol–water partition coefficient (Wildman–Crippen LogP) is 4.84. The molecular weight excluding hydrogens is 364 g/mol. The van der Waals surface area contributed by atoms with E-state index < -0.39 is 5.97 Å². The lowest BCUT2D eigenvalue weighted by molar-refractivity contribution is -0.131. The van der Waals surface area contributed by atoms with E-state index in [1.54, 1.807) is 24.3 Å². The van der Waals surface area contributed by atoms with Crippen LogP contribution in [0.4, 0.5) is 0 Å². The Kier molecular flexibility index (Phi) is 4.41. The molecule has 27 heavy (non-hydrogen) atoms. The summed E-state index contributed by atoms with van der Waals surface area (Å²) in [4.78, 5) is 24.0. The SMILES string of the molecule is O=C(O)/C=C/Oc1ccc(-c2c(C(=O)C3CC3)sc3cc(O)ccc23)cc1. The number of ketones is 1. The lowest BCUT2D eigenvalue weighted by Crippen LogP contribution is -2.00. The first-order valence-corrected chi connectivity index (χ1v) is 9.31. The Hall–Kier alpha value is -3.12. The van der Waals surface area contributed by atoms with E-state index in [2.05, 4.69) is 0 Å². The zero-order valence-corrected chi connectivity index (χ0v) is 15.0. The van der Waals surface area contributed by atoms with Gasteiger partial charge in [0.1, 0.15) is 11.5 Å². The van der Waals surface area contributed by atoms with E-state index in [1.807, 2.05) is 18.2 Å². The number of carboxylic acids is 1. The highest BCUT2D eigenvalue weighted by molar-refractivity contribution is 7.21. The van der Waals surface area contributed by atoms with Crippen molar-refractivity contribution in [3.05, 3.63) is 59.7 Å². The van der Waals surface area contributed by atoms with Crippen molar-refractivity contribution in [1.29, 1.82) is 0 Å². The van der Waals surface area contributed by atoms with Crippen LogP contribution >= 0.6 is 11.3 Å². The van der Waals surface area contributed by atoms with Gasteiger partial charge in [0.25, 0.3) is 0 Å². The minimum Gasteiger partial charge on any atom is -0.508 e. The van der Waals surface area contributed by atoms with Gasteiger partial charge in [0.15, 0.2) is 5.78 Å². The van der Waals surface area contributed by atoms with E-state index >= 15 is 0 Å². The van der Waals surface area contributed by atoms with Crippen LogP contribution in [0.2, 0.25) is 0 Å². The molecule has 4 rings (SSSR count). The number of aliphatic carboxylic acids is 1. The number of phenols is 1. The molecule has 0 amide bonds. The molecule has 2 N–H and O–H groups in total. The highest BCUT2D eigenvalue weighted by Crippen LogP contribution is 2.44. The number of Topliss-reactive ketones (excluding diaryl/α,β-unsaturated/α-hetero) is 1. The Labute approximate surface area is 159 Å². The summed E-state index contributed by atoms with van der Waals surface area (Å²) in [5, 5.41) is 19.3. The zero-order chi connectivity index (χ0) is 19.0. The van der Waals surface area contributed by atoms with E-state index in [0.29, 0.717) is 5.75 Å². The van der Waals surface area contributed by atoms with Crippen molar-refractivity contribution in [3.63, 3.8) is 0 Å². The summed E-state index contributed by atoms with van der Waals surface area (Å²) in [6.45, 7) is 0. The van der Waals surface area contributed by atoms with E-state index in [1.165, 1.54) is 11.3 Å². The Bertz CT molecular complexity index is 1060. The summed E-state index contributed by atoms with van der Waals surface area (Å²) < 4.78 is 6.13. The third-order valence-corrected chi connectivity index (χ3v) is 5.57. The molecule has 0 aliphatic heterocycles. The molecule has 0 unspecified atom stereocenters. The Morgan fingerprint density at radius 2 is 1.85 bits per heavy atom. The normalized spacial score (nSPS) is 13.9. The largest absolute Gasteiger partial charge is 0.508 e. The molecule has 1 fully saturated rings. The van der Waals surface area contributed by atoms with Crippen LogP contribution in [-0.4, -0.2) is 22.0 Å². The van der Waals surface area contributed by atoms with Crippen LogP contribution in [0.3, 0.4) is 0 Å². The van der Waals surface area contributed by atoms with Gasteiger partial charge >= 0.3 is 5.97 Å². The summed E-state index contributed by atoms with van der Waals surface area (Å²) in [6.07, 6.45) is 3.89. The average Bonchev–Trinajstić information content (AvgIpc) is 3.42. The number of hydrogen-bond donors (Lipinski definition) is 2. The number of carboxylic acid groups (broad SMARTS) is 1. The molecule has 1 heterocycles. The van der Waals surface area contributed by atoms with E-state index in [4.69, 9.17) is 9.84 Å². The molecule has 0 atom stereocenters. The van der Waals surface area contributed by atoms with Gasteiger partial charge in [-0.2, -0.15) is 0 Å². The summed E-state index contributed by atoms with van der Waals surface area (Å²) in [7, 11) is 0. The Balaban J connectivity index is 1.74. The van der Waals surface area contributed by atoms with Crippen LogP contribution < -0.4 is 4.74 Å². The number of thiophene rings is 1. The summed E-state index contributed by atoms with van der Waals surface area (Å²) >= 11 is 1.41. The van der Waals surface area contributed by atoms with Gasteiger partial charge in [-0.25, -0.2) is 4.79 Å². The quantitative estimate of drug-likeness (QED) is 0.363. The molecule has 0 bridgehead atoms. The molecule has 0 radical (unpaired) electrons. The second-order valence-corrected chi connectivity index (χ2v) is 7.46. The van der Waals surface area contributed by atoms with Crippen molar-refractivity contribution in [2.24, 2.45) is 5.92 Å². The van der Waals surface area contributed by atoms with Crippen LogP contribution in [-0.2, 0) is 4.79 Å². The number of aromatic hydroxyl groups is 1. The number of carbonyl (C=O) groups excluding carboxylic acids is 1. The van der Waals surface area contributed by atoms with Gasteiger partial charge in [-0.05, 0) is 48.7 Å². The van der Waals surface area contributed by atoms with Crippen LogP contribution in [0.1, 0.15) is 22.5 Å². The number of ether oxygens (including phenoxy) is 1. The molecule has 1 aromatic heterocycles. The molecule has 0 spiro atoms. The van der Waals surface area contributed by atoms with E-state index in [9.17, 15) is 14.7 Å². The lowest BCUT2D eigenvalue weighted by atomic mass is 9.99. The van der Waals surface area contributed by atoms with E-state index in [0.717, 1.165) is 51.3 Å². The fourth-order valence-corrected chi connectivity index (χ4v) is 4.22. The summed E-state index contributed by atoms with van der Waals surface area (Å²) in [5.41, 5.74) is 1.75. The molecule has 1 aliphatic rings. The molecule has 2 aromatic carbocycles. The lowest BCUT2D eigenvalue weighted by Gasteiger charge is -2.06. The third-order valence-electron chi connectivity index (χ3n) is 4.40. The van der Waals surface area contributed by atoms with Gasteiger partial charge in [0.2, 0.25) is 0 Å². The van der Waals surface area contributed by atoms with Crippen LogP contribution in [0.15, 0.2) is 54.8 Å². The van der Waals surface area contributed by atoms with Gasteiger partial charge in [0, 0.05) is 21.6 Å². The molecule has 1 aliphatic carbocycles. The van der Waals surface area contributed by atoms with Gasteiger partial charge in [-0.15, -0.1) is 11.3 Å². The van der Waals surface area contributed by atoms with Crippen molar-refractivity contribution in [3.8, 4) is 22.6 Å². The van der Waals surface area contributed by atoms with Crippen molar-refractivity contribution < 1.29 is 24.5 Å². The van der Waals surface area contributed by atoms with Gasteiger partial charge in [-0.1, -0.05) is 12.1 Å². The molecule has 5 nitrogen and oxygen atoms in total. The predicted molar refractivity (Wildman–Crippen MR) is 103 cm³/mol. The topological polar surface area (TPSA) is 83.8 Å². The van der Waals surface area contributed by atoms with Crippen LogP contribution in [0.5, 0.6) is 11.5 Å². The minimum absolute atomic E-state index is 0.106. The molecule has 136 valence electrons. The first-order chi connectivity index (χ1) is 13.0. The molecule has 0 saturated heterocycles. The molecular formula is C21H16O5S. The smallest absolute Gasteiger partial charge is 0.331 e. The maximum absolute atomic E-state index is 12.8. The summed E-state index contributed by atoms with van der Waals surface area (Å²) in [6, 6.07) is 12.3. The maximum Gasteiger partial charge on any atom is 0.331 e. The van der Waals surface area contributed by atoms with E-state index in [-0.39, 0.29) is 17.5 Å². The number of carbonyl (C=O) groups is 2. The Morgan fingerprint density at radius 3 is 2.52 bits per heavy atom. The van der Waals surface area contributed by atoms with Crippen molar-refractivity contribution in [2.45, 2.75) is 12.8 Å². The van der Waals surface area contributed by atoms with Crippen LogP contribution in [0.25, 0.3) is 21.2 Å². The average molecular weight is 380 g/mol. The monoisotopic (exact) mass is 380 g/mol. The van der Waals surface area contributed by atoms with Gasteiger partial charge < -0.3 is 14.9 Å². The first-order valence-electron chi connectivity index (χ1n) is 8.49. The first kappa shape index (κ1) is 17.3. The number of fused-ring (bicyclic) bond motifs is 1. The van der Waals surface area contributed by atoms with Gasteiger partial charge in [-0.3, -0.25) is 4.79 Å². The number of hydrogen-bond acceptors (Lipinski definition) is 5. The highest BCUT2D eigenvalue weighted by Gasteiger charge is 2.33. The Morgan fingerprint density at radius 1 is 1.11 bits per heavy atom. The minimum atomic E-state index is -1.08. The van der Waals surface area contributed by atoms with Crippen molar-refractivity contribution in [2.75, 3.05) is 0 Å². The number of rotatable bonds is 6. The second-order valence-electron chi connectivity index (χ2n) is 6.41. The van der Waals surface area contributed by atoms with Crippen molar-refractivity contribution in [1.82, 2.24) is 0 Å². The molecule has 1 saturated carbocycles. The molecule has 6 heteroatoms. The fourth-order valence-electron chi connectivity index (χ4n) is 2.95. The second kappa shape index (κ2) is 6.89. The van der Waals surface area contributed by atoms with Crippen LogP contribution in [0, 0.1) is 5.92 Å². The standard InChI is InChI=1S/C21H16O5S/c22-14-5-8-16-17(11-14)27-21(20(25)13-1-2-13)19(16)12-3-6-15(7-4-12)26-10-9-18(23)24/h3-11,13,22H,1-2H2,(H,23,24)/b10-9+. The van der Waals surface area contributed by atoms with Crippen molar-refractivity contribution >= 4 is 33.2 Å². The zero-order valence-electron chi connectivity index (χ0n) is 14.2. The fraction of sp³-hybridized carbons (Fsp3) is 0.143. The number of phenolic OH excluding ortho intramolecular Hbond substituents is 1. The summed E-state index contributed by atoms with van der Waals surface area (Å²) in [5.74, 6) is -0.134. The number of benzene rings is 2. The van der Waals surface area contributed by atoms with Gasteiger partial charge in [0.05, 0.1) is 17.2 Å². The molecule has 3 aromatic rings. The third kappa shape index (κ3) is 3.57. The maximum atomic E-state index is 12.8. The highest BCUT2D eigenvalue weighted by atomic mass is 32.1.